The van der Waals surface area contributed by atoms with E-state index in [4.69, 9.17) is 11.6 Å². The van der Waals surface area contributed by atoms with Gasteiger partial charge in [-0.1, -0.05) is 48.0 Å². The van der Waals surface area contributed by atoms with Crippen molar-refractivity contribution in [2.45, 2.75) is 0 Å². The number of nitrogens with zero attached hydrogens (tertiary/aromatic N) is 4. The molecule has 0 fully saturated rings. The second-order valence-corrected chi connectivity index (χ2v) is 7.49. The van der Waals surface area contributed by atoms with Gasteiger partial charge in [0, 0.05) is 33.8 Å². The van der Waals surface area contributed by atoms with Gasteiger partial charge in [0.15, 0.2) is 0 Å². The van der Waals surface area contributed by atoms with Crippen LogP contribution in [0.4, 0.5) is 5.69 Å². The van der Waals surface area contributed by atoms with Crippen LogP contribution in [0.3, 0.4) is 0 Å². The lowest BCUT2D eigenvalue weighted by atomic mass is 10.1. The Balaban J connectivity index is 1.80. The van der Waals surface area contributed by atoms with Crippen LogP contribution in [0.5, 0.6) is 0 Å². The molecule has 0 spiro atoms. The fourth-order valence-electron chi connectivity index (χ4n) is 2.88. The zero-order chi connectivity index (χ0) is 20.9. The maximum Gasteiger partial charge on any atom is 0.269 e. The molecular formula is C22H15ClN4O2S. The third-order valence-corrected chi connectivity index (χ3v) is 5.50. The molecule has 6 nitrogen and oxygen atoms in total. The van der Waals surface area contributed by atoms with Gasteiger partial charge in [-0.15, -0.1) is 16.4 Å². The Morgan fingerprint density at radius 3 is 2.37 bits per heavy atom. The van der Waals surface area contributed by atoms with Crippen molar-refractivity contribution >= 4 is 34.8 Å². The van der Waals surface area contributed by atoms with E-state index in [0.717, 1.165) is 22.5 Å². The second-order valence-electron chi connectivity index (χ2n) is 6.24. The normalized spacial score (nSPS) is 11.8. The average molecular weight is 435 g/mol. The van der Waals surface area contributed by atoms with Crippen molar-refractivity contribution in [3.05, 3.63) is 110 Å². The minimum Gasteiger partial charge on any atom is -0.284 e. The van der Waals surface area contributed by atoms with Gasteiger partial charge in [-0.05, 0) is 35.9 Å². The Kier molecular flexibility index (Phi) is 5.83. The molecule has 0 N–H and O–H groups in total. The number of thiazole rings is 1. The molecule has 3 aromatic carbocycles. The minimum atomic E-state index is -0.410. The first-order valence-corrected chi connectivity index (χ1v) is 10.2. The van der Waals surface area contributed by atoms with Gasteiger partial charge in [-0.3, -0.25) is 14.7 Å². The standard InChI is InChI=1S/C22H15ClN4O2S/c23-20-9-5-4-6-17(20)14-24-25-22-26(18-7-2-1-3-8-18)21(15-30-22)16-10-12-19(13-11-16)27(28)29/h1-15H/b24-14-,25-22-. The topological polar surface area (TPSA) is 72.8 Å². The van der Waals surface area contributed by atoms with E-state index in [1.807, 2.05) is 58.5 Å². The molecule has 0 amide bonds. The summed E-state index contributed by atoms with van der Waals surface area (Å²) >= 11 is 7.60. The summed E-state index contributed by atoms with van der Waals surface area (Å²) in [6.45, 7) is 0. The van der Waals surface area contributed by atoms with E-state index in [1.54, 1.807) is 24.4 Å². The number of aromatic nitrogens is 1. The SMILES string of the molecule is O=[N+]([O-])c1ccc(-c2cs/c(=N\N=C/c3ccccc3Cl)n2-c2ccccc2)cc1. The number of rotatable bonds is 5. The predicted octanol–water partition coefficient (Wildman–Crippen LogP) is 5.70. The summed E-state index contributed by atoms with van der Waals surface area (Å²) in [4.78, 5) is 11.2. The number of hydrogen-bond acceptors (Lipinski definition) is 5. The minimum absolute atomic E-state index is 0.0505. The summed E-state index contributed by atoms with van der Waals surface area (Å²) in [5.74, 6) is 0. The second kappa shape index (κ2) is 8.86. The van der Waals surface area contributed by atoms with Gasteiger partial charge in [0.1, 0.15) is 0 Å². The average Bonchev–Trinajstić information content (AvgIpc) is 3.19. The smallest absolute Gasteiger partial charge is 0.269 e. The van der Waals surface area contributed by atoms with E-state index in [2.05, 4.69) is 10.2 Å². The van der Waals surface area contributed by atoms with Crippen LogP contribution >= 0.6 is 22.9 Å². The fourth-order valence-corrected chi connectivity index (χ4v) is 3.93. The van der Waals surface area contributed by atoms with Gasteiger partial charge < -0.3 is 0 Å². The number of halogens is 1. The van der Waals surface area contributed by atoms with Gasteiger partial charge in [0.25, 0.3) is 5.69 Å². The number of hydrogen-bond donors (Lipinski definition) is 0. The molecule has 0 radical (unpaired) electrons. The zero-order valence-corrected chi connectivity index (χ0v) is 17.1. The molecule has 1 heterocycles. The maximum atomic E-state index is 11.0. The summed E-state index contributed by atoms with van der Waals surface area (Å²) in [6.07, 6.45) is 1.61. The Bertz CT molecular complexity index is 1280. The van der Waals surface area contributed by atoms with Crippen molar-refractivity contribution in [2.75, 3.05) is 0 Å². The quantitative estimate of drug-likeness (QED) is 0.229. The molecule has 0 bridgehead atoms. The highest BCUT2D eigenvalue weighted by atomic mass is 35.5. The van der Waals surface area contributed by atoms with Crippen molar-refractivity contribution in [1.82, 2.24) is 4.57 Å². The number of nitro benzene ring substituents is 1. The molecule has 0 aliphatic heterocycles. The van der Waals surface area contributed by atoms with E-state index in [0.29, 0.717) is 9.82 Å². The Morgan fingerprint density at radius 1 is 0.967 bits per heavy atom. The Hall–Kier alpha value is -3.55. The molecular weight excluding hydrogens is 420 g/mol. The highest BCUT2D eigenvalue weighted by molar-refractivity contribution is 7.07. The number of para-hydroxylation sites is 1. The maximum absolute atomic E-state index is 11.0. The number of nitro groups is 1. The summed E-state index contributed by atoms with van der Waals surface area (Å²) in [5, 5.41) is 22.1. The van der Waals surface area contributed by atoms with Crippen LogP contribution in [0.25, 0.3) is 16.9 Å². The van der Waals surface area contributed by atoms with Crippen molar-refractivity contribution < 1.29 is 4.92 Å². The van der Waals surface area contributed by atoms with Gasteiger partial charge >= 0.3 is 0 Å². The lowest BCUT2D eigenvalue weighted by Gasteiger charge is -2.08. The van der Waals surface area contributed by atoms with Crippen molar-refractivity contribution in [3.63, 3.8) is 0 Å². The first-order chi connectivity index (χ1) is 14.6. The van der Waals surface area contributed by atoms with Crippen LogP contribution in [-0.4, -0.2) is 15.7 Å². The van der Waals surface area contributed by atoms with E-state index in [-0.39, 0.29) is 5.69 Å². The van der Waals surface area contributed by atoms with E-state index in [9.17, 15) is 10.1 Å². The molecule has 0 atom stereocenters. The Labute approximate surface area is 181 Å². The monoisotopic (exact) mass is 434 g/mol. The van der Waals surface area contributed by atoms with Crippen LogP contribution in [0, 0.1) is 10.1 Å². The van der Waals surface area contributed by atoms with Gasteiger partial charge in [0.05, 0.1) is 16.8 Å². The lowest BCUT2D eigenvalue weighted by Crippen LogP contribution is -2.13. The van der Waals surface area contributed by atoms with Gasteiger partial charge in [-0.2, -0.15) is 5.10 Å². The molecule has 4 rings (SSSR count). The highest BCUT2D eigenvalue weighted by Gasteiger charge is 2.12. The molecule has 4 aromatic rings. The highest BCUT2D eigenvalue weighted by Crippen LogP contribution is 2.25. The molecule has 30 heavy (non-hydrogen) atoms. The molecule has 8 heteroatoms. The van der Waals surface area contributed by atoms with E-state index in [1.165, 1.54) is 23.5 Å². The molecule has 148 valence electrons. The molecule has 0 saturated carbocycles. The lowest BCUT2D eigenvalue weighted by molar-refractivity contribution is -0.384. The third kappa shape index (κ3) is 4.22. The van der Waals surface area contributed by atoms with Crippen LogP contribution in [-0.2, 0) is 0 Å². The largest absolute Gasteiger partial charge is 0.284 e. The molecule has 0 unspecified atom stereocenters. The first-order valence-electron chi connectivity index (χ1n) is 8.96. The number of non-ortho nitro benzene ring substituents is 1. The van der Waals surface area contributed by atoms with Crippen molar-refractivity contribution in [1.29, 1.82) is 0 Å². The van der Waals surface area contributed by atoms with Gasteiger partial charge in [0.2, 0.25) is 4.80 Å². The number of benzene rings is 3. The van der Waals surface area contributed by atoms with E-state index < -0.39 is 4.92 Å². The van der Waals surface area contributed by atoms with Crippen LogP contribution in [0.2, 0.25) is 5.02 Å². The zero-order valence-electron chi connectivity index (χ0n) is 15.6. The molecule has 0 aliphatic rings. The molecule has 0 saturated heterocycles. The fraction of sp³-hybridized carbons (Fsp3) is 0. The third-order valence-electron chi connectivity index (χ3n) is 4.34. The summed E-state index contributed by atoms with van der Waals surface area (Å²) in [6, 6.07) is 23.6. The van der Waals surface area contributed by atoms with E-state index >= 15 is 0 Å². The van der Waals surface area contributed by atoms with Crippen LogP contribution in [0.1, 0.15) is 5.56 Å². The molecule has 1 aromatic heterocycles. The van der Waals surface area contributed by atoms with Crippen molar-refractivity contribution in [3.8, 4) is 16.9 Å². The predicted molar refractivity (Wildman–Crippen MR) is 120 cm³/mol. The van der Waals surface area contributed by atoms with Crippen LogP contribution in [0.15, 0.2) is 94.4 Å². The van der Waals surface area contributed by atoms with Gasteiger partial charge in [-0.25, -0.2) is 0 Å². The van der Waals surface area contributed by atoms with Crippen LogP contribution < -0.4 is 4.80 Å². The Morgan fingerprint density at radius 2 is 1.67 bits per heavy atom. The molecule has 0 aliphatic carbocycles. The summed E-state index contributed by atoms with van der Waals surface area (Å²) in [5.41, 5.74) is 3.46. The van der Waals surface area contributed by atoms with Crippen molar-refractivity contribution in [2.24, 2.45) is 10.2 Å². The summed E-state index contributed by atoms with van der Waals surface area (Å²) in [7, 11) is 0. The first kappa shape index (κ1) is 19.8. The summed E-state index contributed by atoms with van der Waals surface area (Å²) < 4.78 is 1.97.